The first-order valence-corrected chi connectivity index (χ1v) is 7.92. The second-order valence-corrected chi connectivity index (χ2v) is 5.96. The molecule has 2 aromatic rings. The van der Waals surface area contributed by atoms with E-state index in [4.69, 9.17) is 8.83 Å². The van der Waals surface area contributed by atoms with Crippen LogP contribution in [0.2, 0.25) is 0 Å². The third kappa shape index (κ3) is 3.23. The largest absolute Gasteiger partial charge is 0.466 e. The smallest absolute Gasteiger partial charge is 0.251 e. The van der Waals surface area contributed by atoms with Crippen molar-refractivity contribution in [3.05, 3.63) is 23.5 Å². The Morgan fingerprint density at radius 3 is 2.86 bits per heavy atom. The van der Waals surface area contributed by atoms with Crippen molar-refractivity contribution in [3.8, 4) is 11.5 Å². The van der Waals surface area contributed by atoms with Gasteiger partial charge in [0.2, 0.25) is 5.89 Å². The zero-order chi connectivity index (χ0) is 15.5. The van der Waals surface area contributed by atoms with Gasteiger partial charge in [0.05, 0.1) is 12.1 Å². The quantitative estimate of drug-likeness (QED) is 0.915. The molecular weight excluding hydrogens is 282 g/mol. The summed E-state index contributed by atoms with van der Waals surface area (Å²) in [6, 6.07) is 2.33. The Morgan fingerprint density at radius 1 is 1.27 bits per heavy atom. The number of nitrogens with zero attached hydrogens (tertiary/aromatic N) is 3. The molecule has 3 heterocycles. The standard InChI is InChI=1S/C16H23N3O3/c1-11-9-14(12(2)21-11)16-18-17-15(22-16)10-19-7-4-3-5-13(19)6-8-20/h9,13,20H,3-8,10H2,1-2H3. The van der Waals surface area contributed by atoms with Gasteiger partial charge >= 0.3 is 0 Å². The van der Waals surface area contributed by atoms with Gasteiger partial charge in [0.25, 0.3) is 5.89 Å². The highest BCUT2D eigenvalue weighted by atomic mass is 16.4. The second-order valence-electron chi connectivity index (χ2n) is 5.96. The molecule has 0 aromatic carbocycles. The molecule has 0 amide bonds. The topological polar surface area (TPSA) is 75.5 Å². The molecule has 0 spiro atoms. The van der Waals surface area contributed by atoms with Gasteiger partial charge in [0.1, 0.15) is 11.5 Å². The summed E-state index contributed by atoms with van der Waals surface area (Å²) in [5.74, 6) is 2.77. The molecule has 1 unspecified atom stereocenters. The number of hydrogen-bond acceptors (Lipinski definition) is 6. The molecule has 6 heteroatoms. The molecular formula is C16H23N3O3. The van der Waals surface area contributed by atoms with E-state index in [1.165, 1.54) is 12.8 Å². The maximum atomic E-state index is 9.20. The lowest BCUT2D eigenvalue weighted by Gasteiger charge is -2.34. The molecule has 1 N–H and O–H groups in total. The average Bonchev–Trinajstić information content (AvgIpc) is 3.07. The number of piperidine rings is 1. The summed E-state index contributed by atoms with van der Waals surface area (Å²) in [6.07, 6.45) is 4.34. The Balaban J connectivity index is 1.72. The number of likely N-dealkylation sites (tertiary alicyclic amines) is 1. The van der Waals surface area contributed by atoms with E-state index in [1.807, 2.05) is 19.9 Å². The van der Waals surface area contributed by atoms with Crippen molar-refractivity contribution >= 4 is 0 Å². The number of aryl methyl sites for hydroxylation is 2. The second kappa shape index (κ2) is 6.62. The monoisotopic (exact) mass is 305 g/mol. The lowest BCUT2D eigenvalue weighted by molar-refractivity contribution is 0.103. The highest BCUT2D eigenvalue weighted by Gasteiger charge is 2.24. The van der Waals surface area contributed by atoms with Crippen LogP contribution in [0.25, 0.3) is 11.5 Å². The molecule has 22 heavy (non-hydrogen) atoms. The number of aliphatic hydroxyl groups excluding tert-OH is 1. The predicted molar refractivity (Wildman–Crippen MR) is 81.2 cm³/mol. The van der Waals surface area contributed by atoms with E-state index in [0.29, 0.717) is 24.4 Å². The van der Waals surface area contributed by atoms with Crippen LogP contribution in [0.4, 0.5) is 0 Å². The van der Waals surface area contributed by atoms with Gasteiger partial charge < -0.3 is 13.9 Å². The number of rotatable bonds is 5. The summed E-state index contributed by atoms with van der Waals surface area (Å²) in [5, 5.41) is 17.5. The van der Waals surface area contributed by atoms with E-state index in [-0.39, 0.29) is 6.61 Å². The van der Waals surface area contributed by atoms with Gasteiger partial charge in [0.15, 0.2) is 0 Å². The van der Waals surface area contributed by atoms with Gasteiger partial charge in [-0.3, -0.25) is 4.90 Å². The summed E-state index contributed by atoms with van der Waals surface area (Å²) < 4.78 is 11.3. The Labute approximate surface area is 130 Å². The summed E-state index contributed by atoms with van der Waals surface area (Å²) in [7, 11) is 0. The number of aromatic nitrogens is 2. The van der Waals surface area contributed by atoms with Crippen molar-refractivity contribution in [3.63, 3.8) is 0 Å². The molecule has 1 saturated heterocycles. The van der Waals surface area contributed by atoms with Crippen LogP contribution in [0.5, 0.6) is 0 Å². The van der Waals surface area contributed by atoms with Gasteiger partial charge in [-0.2, -0.15) is 0 Å². The molecule has 0 bridgehead atoms. The summed E-state index contributed by atoms with van der Waals surface area (Å²) in [5.41, 5.74) is 0.863. The minimum atomic E-state index is 0.226. The van der Waals surface area contributed by atoms with E-state index in [9.17, 15) is 5.11 Å². The molecule has 6 nitrogen and oxygen atoms in total. The number of aliphatic hydroxyl groups is 1. The maximum Gasteiger partial charge on any atom is 0.251 e. The minimum Gasteiger partial charge on any atom is -0.466 e. The first kappa shape index (κ1) is 15.2. The van der Waals surface area contributed by atoms with Crippen molar-refractivity contribution in [1.29, 1.82) is 0 Å². The molecule has 0 aliphatic carbocycles. The van der Waals surface area contributed by atoms with Gasteiger partial charge in [-0.25, -0.2) is 0 Å². The van der Waals surface area contributed by atoms with Crippen molar-refractivity contribution in [2.75, 3.05) is 13.2 Å². The van der Waals surface area contributed by atoms with Crippen LogP contribution in [0.3, 0.4) is 0 Å². The molecule has 1 aliphatic heterocycles. The zero-order valence-corrected chi connectivity index (χ0v) is 13.2. The van der Waals surface area contributed by atoms with Crippen LogP contribution in [-0.2, 0) is 6.54 Å². The van der Waals surface area contributed by atoms with E-state index in [2.05, 4.69) is 15.1 Å². The highest BCUT2D eigenvalue weighted by Crippen LogP contribution is 2.27. The van der Waals surface area contributed by atoms with Gasteiger partial charge in [-0.15, -0.1) is 10.2 Å². The Kier molecular flexibility index (Phi) is 4.59. The lowest BCUT2D eigenvalue weighted by atomic mass is 10.00. The highest BCUT2D eigenvalue weighted by molar-refractivity contribution is 5.55. The van der Waals surface area contributed by atoms with Gasteiger partial charge in [-0.05, 0) is 45.7 Å². The van der Waals surface area contributed by atoms with E-state index < -0.39 is 0 Å². The normalized spacial score (nSPS) is 19.7. The maximum absolute atomic E-state index is 9.20. The van der Waals surface area contributed by atoms with Crippen molar-refractivity contribution in [1.82, 2.24) is 15.1 Å². The van der Waals surface area contributed by atoms with Crippen LogP contribution in [0.1, 0.15) is 43.1 Å². The molecule has 1 aliphatic rings. The van der Waals surface area contributed by atoms with Crippen LogP contribution in [0, 0.1) is 13.8 Å². The van der Waals surface area contributed by atoms with E-state index in [1.54, 1.807) is 0 Å². The fourth-order valence-corrected chi connectivity index (χ4v) is 3.19. The first-order chi connectivity index (χ1) is 10.7. The van der Waals surface area contributed by atoms with E-state index in [0.717, 1.165) is 36.5 Å². The number of hydrogen-bond donors (Lipinski definition) is 1. The third-order valence-corrected chi connectivity index (χ3v) is 4.29. The third-order valence-electron chi connectivity index (χ3n) is 4.29. The molecule has 0 radical (unpaired) electrons. The molecule has 1 fully saturated rings. The minimum absolute atomic E-state index is 0.226. The van der Waals surface area contributed by atoms with Crippen LogP contribution < -0.4 is 0 Å². The molecule has 0 saturated carbocycles. The fourth-order valence-electron chi connectivity index (χ4n) is 3.19. The molecule has 1 atom stereocenters. The Bertz CT molecular complexity index is 618. The average molecular weight is 305 g/mol. The number of furan rings is 1. The van der Waals surface area contributed by atoms with Crippen LogP contribution in [-0.4, -0.2) is 39.4 Å². The van der Waals surface area contributed by atoms with Gasteiger partial charge in [-0.1, -0.05) is 6.42 Å². The fraction of sp³-hybridized carbons (Fsp3) is 0.625. The first-order valence-electron chi connectivity index (χ1n) is 7.92. The lowest BCUT2D eigenvalue weighted by Crippen LogP contribution is -2.39. The van der Waals surface area contributed by atoms with Gasteiger partial charge in [0, 0.05) is 12.6 Å². The molecule has 120 valence electrons. The van der Waals surface area contributed by atoms with Crippen LogP contribution >= 0.6 is 0 Å². The predicted octanol–water partition coefficient (Wildman–Crippen LogP) is 2.68. The van der Waals surface area contributed by atoms with Crippen molar-refractivity contribution < 1.29 is 13.9 Å². The van der Waals surface area contributed by atoms with Crippen LogP contribution in [0.15, 0.2) is 14.9 Å². The Morgan fingerprint density at radius 2 is 2.14 bits per heavy atom. The molecule has 2 aromatic heterocycles. The summed E-state index contributed by atoms with van der Waals surface area (Å²) >= 11 is 0. The molecule has 3 rings (SSSR count). The summed E-state index contributed by atoms with van der Waals surface area (Å²) in [4.78, 5) is 2.34. The SMILES string of the molecule is Cc1cc(-c2nnc(CN3CCCCC3CCO)o2)c(C)o1. The van der Waals surface area contributed by atoms with Crippen molar-refractivity contribution in [2.45, 2.75) is 52.1 Å². The summed E-state index contributed by atoms with van der Waals surface area (Å²) in [6.45, 7) is 5.69. The van der Waals surface area contributed by atoms with E-state index >= 15 is 0 Å². The Hall–Kier alpha value is -1.66. The zero-order valence-electron chi connectivity index (χ0n) is 13.2. The van der Waals surface area contributed by atoms with Crippen molar-refractivity contribution in [2.24, 2.45) is 0 Å².